The number of hydrogen-bond acceptors (Lipinski definition) is 5. The molecule has 4 rings (SSSR count). The highest BCUT2D eigenvalue weighted by Crippen LogP contribution is 2.20. The fraction of sp³-hybridized carbons (Fsp3) is 0.190. The average molecular weight is 358 g/mol. The van der Waals surface area contributed by atoms with Gasteiger partial charge in [0.1, 0.15) is 6.07 Å². The lowest BCUT2D eigenvalue weighted by molar-refractivity contribution is 0.667. The molecule has 1 aliphatic carbocycles. The zero-order valence-corrected chi connectivity index (χ0v) is 15.0. The van der Waals surface area contributed by atoms with Crippen LogP contribution in [0.25, 0.3) is 0 Å². The minimum Gasteiger partial charge on any atom is -0.399 e. The summed E-state index contributed by atoms with van der Waals surface area (Å²) in [6, 6.07) is 12.9. The van der Waals surface area contributed by atoms with Gasteiger partial charge in [-0.05, 0) is 67.6 Å². The lowest BCUT2D eigenvalue weighted by Gasteiger charge is -2.13. The fourth-order valence-electron chi connectivity index (χ4n) is 3.07. The van der Waals surface area contributed by atoms with Crippen LogP contribution >= 0.6 is 0 Å². The Kier molecular flexibility index (Phi) is 5.53. The third kappa shape index (κ3) is 4.33. The van der Waals surface area contributed by atoms with Crippen LogP contribution in [0.3, 0.4) is 0 Å². The van der Waals surface area contributed by atoms with Gasteiger partial charge in [-0.1, -0.05) is 0 Å². The molecule has 0 saturated carbocycles. The Labute approximate surface area is 158 Å². The Hall–Kier alpha value is -3.59. The van der Waals surface area contributed by atoms with Crippen molar-refractivity contribution in [1.82, 2.24) is 9.97 Å². The van der Waals surface area contributed by atoms with Crippen molar-refractivity contribution in [3.63, 3.8) is 0 Å². The topological polar surface area (TPSA) is 128 Å². The predicted octanol–water partition coefficient (Wildman–Crippen LogP) is 3.43. The number of nitrogens with two attached hydrogens (primary N) is 2. The zero-order chi connectivity index (χ0) is 19.2. The number of aryl methyl sites for hydroxylation is 2. The molecule has 2 heterocycles. The van der Waals surface area contributed by atoms with Crippen molar-refractivity contribution in [1.29, 1.82) is 10.7 Å². The number of nitrogens with zero attached hydrogens (tertiary/aromatic N) is 2. The number of anilines is 2. The predicted molar refractivity (Wildman–Crippen MR) is 108 cm³/mol. The van der Waals surface area contributed by atoms with Crippen molar-refractivity contribution in [3.05, 3.63) is 76.9 Å². The van der Waals surface area contributed by atoms with E-state index < -0.39 is 0 Å². The minimum atomic E-state index is 0.352. The average Bonchev–Trinajstić information content (AvgIpc) is 3.24. The van der Waals surface area contributed by atoms with Gasteiger partial charge >= 0.3 is 0 Å². The molecule has 0 unspecified atom stereocenters. The van der Waals surface area contributed by atoms with Gasteiger partial charge in [-0.25, -0.2) is 0 Å². The van der Waals surface area contributed by atoms with Gasteiger partial charge in [0, 0.05) is 35.0 Å². The summed E-state index contributed by atoms with van der Waals surface area (Å²) < 4.78 is 0. The third-order valence-electron chi connectivity index (χ3n) is 4.51. The molecule has 136 valence electrons. The van der Waals surface area contributed by atoms with Crippen LogP contribution in [-0.4, -0.2) is 15.7 Å². The number of pyridine rings is 1. The van der Waals surface area contributed by atoms with E-state index in [2.05, 4.69) is 16.0 Å². The first kappa shape index (κ1) is 18.2. The largest absolute Gasteiger partial charge is 0.399 e. The molecule has 0 saturated heterocycles. The second-order valence-corrected chi connectivity index (χ2v) is 6.45. The maximum Gasteiger partial charge on any atom is 0.101 e. The van der Waals surface area contributed by atoms with E-state index in [-0.39, 0.29) is 0 Å². The molecule has 0 radical (unpaired) electrons. The van der Waals surface area contributed by atoms with Gasteiger partial charge < -0.3 is 16.5 Å². The monoisotopic (exact) mass is 358 g/mol. The highest BCUT2D eigenvalue weighted by Gasteiger charge is 2.10. The van der Waals surface area contributed by atoms with Crippen LogP contribution in [0.5, 0.6) is 0 Å². The second-order valence-electron chi connectivity index (χ2n) is 6.45. The molecule has 0 fully saturated rings. The van der Waals surface area contributed by atoms with Gasteiger partial charge in [-0.2, -0.15) is 5.26 Å². The summed E-state index contributed by atoms with van der Waals surface area (Å²) in [5.41, 5.74) is 17.5. The lowest BCUT2D eigenvalue weighted by atomic mass is 9.95. The third-order valence-corrected chi connectivity index (χ3v) is 4.51. The summed E-state index contributed by atoms with van der Waals surface area (Å²) >= 11 is 0. The lowest BCUT2D eigenvalue weighted by Crippen LogP contribution is -2.06. The Morgan fingerprint density at radius 2 is 1.96 bits per heavy atom. The molecule has 0 atom stereocenters. The number of benzene rings is 1. The van der Waals surface area contributed by atoms with Crippen molar-refractivity contribution < 1.29 is 0 Å². The fourth-order valence-corrected chi connectivity index (χ4v) is 3.07. The molecule has 1 aliphatic rings. The van der Waals surface area contributed by atoms with Crippen molar-refractivity contribution in [2.24, 2.45) is 0 Å². The van der Waals surface area contributed by atoms with Crippen molar-refractivity contribution >= 4 is 17.1 Å². The number of fused-ring (bicyclic) bond motifs is 1. The first-order valence-electron chi connectivity index (χ1n) is 8.84. The molecular weight excluding hydrogens is 336 g/mol. The molecule has 0 bridgehead atoms. The van der Waals surface area contributed by atoms with Crippen molar-refractivity contribution in [2.45, 2.75) is 25.7 Å². The molecule has 27 heavy (non-hydrogen) atoms. The normalized spacial score (nSPS) is 12.3. The van der Waals surface area contributed by atoms with E-state index in [4.69, 9.17) is 22.1 Å². The second kappa shape index (κ2) is 8.19. The van der Waals surface area contributed by atoms with E-state index in [0.29, 0.717) is 28.2 Å². The summed E-state index contributed by atoms with van der Waals surface area (Å²) in [4.78, 5) is 7.23. The van der Waals surface area contributed by atoms with Gasteiger partial charge in [-0.3, -0.25) is 10.4 Å². The van der Waals surface area contributed by atoms with Gasteiger partial charge in [-0.15, -0.1) is 0 Å². The SMILES string of the molecule is N#Cc1cnc2c(c1)CCCC2.N=C(c1ccc[nH]1)c1cc(N)ccc1N. The van der Waals surface area contributed by atoms with Crippen LogP contribution in [-0.2, 0) is 12.8 Å². The quantitative estimate of drug-likeness (QED) is 0.413. The van der Waals surface area contributed by atoms with E-state index in [1.165, 1.54) is 24.1 Å². The molecule has 0 aliphatic heterocycles. The highest BCUT2D eigenvalue weighted by molar-refractivity contribution is 6.13. The Morgan fingerprint density at radius 1 is 1.15 bits per heavy atom. The molecule has 6 heteroatoms. The first-order chi connectivity index (χ1) is 13.1. The van der Waals surface area contributed by atoms with Crippen LogP contribution < -0.4 is 11.5 Å². The van der Waals surface area contributed by atoms with E-state index >= 15 is 0 Å². The molecule has 6 nitrogen and oxygen atoms in total. The van der Waals surface area contributed by atoms with Crippen molar-refractivity contribution in [2.75, 3.05) is 11.5 Å². The van der Waals surface area contributed by atoms with Crippen molar-refractivity contribution in [3.8, 4) is 6.07 Å². The Bertz CT molecular complexity index is 982. The number of nitrogens with one attached hydrogen (secondary N) is 2. The van der Waals surface area contributed by atoms with E-state index in [1.54, 1.807) is 30.6 Å². The van der Waals surface area contributed by atoms with Crippen LogP contribution in [0.1, 0.15) is 40.9 Å². The zero-order valence-electron chi connectivity index (χ0n) is 15.0. The molecule has 6 N–H and O–H groups in total. The maximum atomic E-state index is 8.65. The molecule has 2 aromatic heterocycles. The van der Waals surface area contributed by atoms with Gasteiger partial charge in [0.05, 0.1) is 17.0 Å². The van der Waals surface area contributed by atoms with Crippen LogP contribution in [0.4, 0.5) is 11.4 Å². The molecule has 3 aromatic rings. The van der Waals surface area contributed by atoms with Gasteiger partial charge in [0.2, 0.25) is 0 Å². The first-order valence-corrected chi connectivity index (χ1v) is 8.84. The summed E-state index contributed by atoms with van der Waals surface area (Å²) in [7, 11) is 0. The molecule has 1 aromatic carbocycles. The number of aromatic amines is 1. The van der Waals surface area contributed by atoms with Gasteiger partial charge in [0.25, 0.3) is 0 Å². The Morgan fingerprint density at radius 3 is 2.70 bits per heavy atom. The van der Waals surface area contributed by atoms with Crippen LogP contribution in [0.2, 0.25) is 0 Å². The Balaban J connectivity index is 0.000000159. The molecule has 0 amide bonds. The number of aromatic nitrogens is 2. The summed E-state index contributed by atoms with van der Waals surface area (Å²) in [6.45, 7) is 0. The molecule has 0 spiro atoms. The summed E-state index contributed by atoms with van der Waals surface area (Å²) in [5.74, 6) is 0. The number of nitriles is 1. The molecular formula is C21H22N6. The van der Waals surface area contributed by atoms with E-state index in [9.17, 15) is 0 Å². The number of H-pyrrole nitrogens is 1. The maximum absolute atomic E-state index is 8.65. The summed E-state index contributed by atoms with van der Waals surface area (Å²) in [6.07, 6.45) is 8.10. The number of rotatable bonds is 2. The number of nitrogen functional groups attached to an aromatic ring is 2. The van der Waals surface area contributed by atoms with Gasteiger partial charge in [0.15, 0.2) is 0 Å². The van der Waals surface area contributed by atoms with E-state index in [1.807, 2.05) is 18.2 Å². The smallest absolute Gasteiger partial charge is 0.101 e. The van der Waals surface area contributed by atoms with Crippen LogP contribution in [0, 0.1) is 16.7 Å². The number of hydrogen-bond donors (Lipinski definition) is 4. The highest BCUT2D eigenvalue weighted by atomic mass is 14.7. The van der Waals surface area contributed by atoms with E-state index in [0.717, 1.165) is 18.5 Å². The standard InChI is InChI=1S/C11H12N4.C10H10N2/c12-7-3-4-9(13)8(6-7)11(14)10-2-1-5-15-10;11-6-8-5-9-3-1-2-4-10(9)12-7-8/h1-6,14-15H,12-13H2;5,7H,1-4H2. The van der Waals surface area contributed by atoms with Crippen LogP contribution in [0.15, 0.2) is 48.8 Å². The minimum absolute atomic E-state index is 0.352. The summed E-state index contributed by atoms with van der Waals surface area (Å²) in [5, 5.41) is 16.6.